The smallest absolute Gasteiger partial charge is 0.489 e. The van der Waals surface area contributed by atoms with E-state index in [9.17, 15) is 10.0 Å². The van der Waals surface area contributed by atoms with Gasteiger partial charge in [-0.2, -0.15) is 0 Å². The molecule has 0 atom stereocenters. The second kappa shape index (κ2) is 5.91. The summed E-state index contributed by atoms with van der Waals surface area (Å²) in [6, 6.07) is 14.1. The van der Waals surface area contributed by atoms with E-state index in [4.69, 9.17) is 16.3 Å². The van der Waals surface area contributed by atoms with E-state index in [1.165, 1.54) is 0 Å². The molecule has 0 amide bonds. The number of benzene rings is 2. The van der Waals surface area contributed by atoms with Crippen LogP contribution in [0.15, 0.2) is 48.5 Å². The Morgan fingerprint density at radius 3 is 2.56 bits per heavy atom. The zero-order chi connectivity index (χ0) is 13.0. The maximum absolute atomic E-state index is 9.20. The number of rotatable bonds is 4. The summed E-state index contributed by atoms with van der Waals surface area (Å²) >= 11 is 5.87. The minimum atomic E-state index is -1.54. The van der Waals surface area contributed by atoms with Gasteiger partial charge in [0, 0.05) is 10.5 Å². The number of halogens is 1. The van der Waals surface area contributed by atoms with E-state index in [1.807, 2.05) is 12.1 Å². The fourth-order valence-electron chi connectivity index (χ4n) is 1.61. The Bertz CT molecular complexity index is 531. The summed E-state index contributed by atoms with van der Waals surface area (Å²) in [6.07, 6.45) is 0. The summed E-state index contributed by atoms with van der Waals surface area (Å²) in [5.41, 5.74) is 1.27. The first-order chi connectivity index (χ1) is 8.66. The van der Waals surface area contributed by atoms with Crippen LogP contribution in [0.25, 0.3) is 0 Å². The molecule has 2 rings (SSSR count). The molecule has 0 aliphatic heterocycles. The molecule has 5 heteroatoms. The number of hydrogen-bond donors (Lipinski definition) is 2. The summed E-state index contributed by atoms with van der Waals surface area (Å²) in [6.45, 7) is 0.324. The number of ether oxygens (including phenoxy) is 1. The maximum Gasteiger partial charge on any atom is 0.492 e. The Hall–Kier alpha value is -1.49. The van der Waals surface area contributed by atoms with Crippen molar-refractivity contribution in [2.75, 3.05) is 0 Å². The highest BCUT2D eigenvalue weighted by molar-refractivity contribution is 6.59. The zero-order valence-corrected chi connectivity index (χ0v) is 10.3. The van der Waals surface area contributed by atoms with Crippen LogP contribution in [0, 0.1) is 0 Å². The molecule has 2 N–H and O–H groups in total. The normalized spacial score (nSPS) is 10.2. The van der Waals surface area contributed by atoms with Crippen molar-refractivity contribution < 1.29 is 14.8 Å². The molecule has 2 aromatic rings. The summed E-state index contributed by atoms with van der Waals surface area (Å²) in [4.78, 5) is 0. The fourth-order valence-corrected chi connectivity index (χ4v) is 1.83. The van der Waals surface area contributed by atoms with Gasteiger partial charge >= 0.3 is 7.12 Å². The van der Waals surface area contributed by atoms with Crippen LogP contribution in [0.5, 0.6) is 5.75 Å². The van der Waals surface area contributed by atoms with E-state index >= 15 is 0 Å². The first kappa shape index (κ1) is 13.0. The topological polar surface area (TPSA) is 49.7 Å². The summed E-state index contributed by atoms with van der Waals surface area (Å²) in [5.74, 6) is 0.451. The second-order valence-electron chi connectivity index (χ2n) is 3.83. The van der Waals surface area contributed by atoms with Gasteiger partial charge in [0.1, 0.15) is 12.4 Å². The zero-order valence-electron chi connectivity index (χ0n) is 9.58. The summed E-state index contributed by atoms with van der Waals surface area (Å²) in [5, 5.41) is 19.0. The lowest BCUT2D eigenvalue weighted by Gasteiger charge is -2.11. The van der Waals surface area contributed by atoms with Crippen LogP contribution in [0.1, 0.15) is 5.56 Å². The Kier molecular flexibility index (Phi) is 4.26. The number of para-hydroxylation sites is 1. The molecule has 0 aromatic heterocycles. The minimum Gasteiger partial charge on any atom is -0.489 e. The molecular formula is C13H12BClO3. The van der Waals surface area contributed by atoms with Gasteiger partial charge in [-0.3, -0.25) is 0 Å². The van der Waals surface area contributed by atoms with Crippen LogP contribution in [0.2, 0.25) is 5.02 Å². The van der Waals surface area contributed by atoms with Crippen molar-refractivity contribution in [2.45, 2.75) is 6.61 Å². The van der Waals surface area contributed by atoms with E-state index < -0.39 is 7.12 Å². The van der Waals surface area contributed by atoms with Crippen LogP contribution < -0.4 is 10.2 Å². The number of hydrogen-bond acceptors (Lipinski definition) is 3. The average molecular weight is 263 g/mol. The van der Waals surface area contributed by atoms with Crippen LogP contribution in [0.4, 0.5) is 0 Å². The average Bonchev–Trinajstić information content (AvgIpc) is 2.37. The highest BCUT2D eigenvalue weighted by atomic mass is 35.5. The molecule has 0 radical (unpaired) electrons. The van der Waals surface area contributed by atoms with Crippen molar-refractivity contribution >= 4 is 24.2 Å². The van der Waals surface area contributed by atoms with E-state index in [2.05, 4.69) is 0 Å². The molecule has 0 heterocycles. The molecule has 3 nitrogen and oxygen atoms in total. The van der Waals surface area contributed by atoms with Gasteiger partial charge in [0.25, 0.3) is 0 Å². The van der Waals surface area contributed by atoms with Gasteiger partial charge in [-0.1, -0.05) is 41.9 Å². The largest absolute Gasteiger partial charge is 0.492 e. The van der Waals surface area contributed by atoms with E-state index in [0.29, 0.717) is 22.8 Å². The molecule has 0 saturated carbocycles. The van der Waals surface area contributed by atoms with Crippen molar-refractivity contribution in [3.8, 4) is 5.75 Å². The highest BCUT2D eigenvalue weighted by Crippen LogP contribution is 2.14. The molecule has 0 saturated heterocycles. The molecule has 0 fully saturated rings. The predicted molar refractivity (Wildman–Crippen MR) is 72.1 cm³/mol. The van der Waals surface area contributed by atoms with Gasteiger partial charge in [0.15, 0.2) is 0 Å². The van der Waals surface area contributed by atoms with Crippen molar-refractivity contribution in [1.29, 1.82) is 0 Å². The van der Waals surface area contributed by atoms with E-state index in [0.717, 1.165) is 5.56 Å². The SMILES string of the molecule is OB(O)c1ccccc1OCc1cccc(Cl)c1. The van der Waals surface area contributed by atoms with Gasteiger partial charge in [-0.15, -0.1) is 0 Å². The Morgan fingerprint density at radius 2 is 1.83 bits per heavy atom. The third kappa shape index (κ3) is 3.26. The molecule has 0 unspecified atom stereocenters. The van der Waals surface area contributed by atoms with E-state index in [-0.39, 0.29) is 0 Å². The Labute approximate surface area is 111 Å². The maximum atomic E-state index is 9.20. The molecule has 0 spiro atoms. The lowest BCUT2D eigenvalue weighted by Crippen LogP contribution is -2.31. The first-order valence-corrected chi connectivity index (χ1v) is 5.87. The van der Waals surface area contributed by atoms with Crippen LogP contribution >= 0.6 is 11.6 Å². The van der Waals surface area contributed by atoms with Crippen molar-refractivity contribution in [3.05, 3.63) is 59.1 Å². The second-order valence-corrected chi connectivity index (χ2v) is 4.27. The minimum absolute atomic E-state index is 0.324. The summed E-state index contributed by atoms with van der Waals surface area (Å²) < 4.78 is 5.56. The van der Waals surface area contributed by atoms with Gasteiger partial charge < -0.3 is 14.8 Å². The predicted octanol–water partition coefficient (Wildman–Crippen LogP) is 1.60. The van der Waals surface area contributed by atoms with Crippen LogP contribution in [-0.4, -0.2) is 17.2 Å². The molecule has 2 aromatic carbocycles. The molecule has 0 aliphatic carbocycles. The molecular weight excluding hydrogens is 250 g/mol. The highest BCUT2D eigenvalue weighted by Gasteiger charge is 2.16. The lowest BCUT2D eigenvalue weighted by atomic mass is 9.79. The van der Waals surface area contributed by atoms with Crippen LogP contribution in [0.3, 0.4) is 0 Å². The fraction of sp³-hybridized carbons (Fsp3) is 0.0769. The third-order valence-electron chi connectivity index (χ3n) is 2.48. The molecule has 92 valence electrons. The Balaban J connectivity index is 2.11. The summed E-state index contributed by atoms with van der Waals surface area (Å²) in [7, 11) is -1.54. The van der Waals surface area contributed by atoms with Crippen molar-refractivity contribution in [3.63, 3.8) is 0 Å². The van der Waals surface area contributed by atoms with Crippen molar-refractivity contribution in [2.24, 2.45) is 0 Å². The van der Waals surface area contributed by atoms with Gasteiger partial charge in [0.2, 0.25) is 0 Å². The third-order valence-corrected chi connectivity index (χ3v) is 2.72. The first-order valence-electron chi connectivity index (χ1n) is 5.49. The van der Waals surface area contributed by atoms with Gasteiger partial charge in [-0.05, 0) is 23.8 Å². The van der Waals surface area contributed by atoms with E-state index in [1.54, 1.807) is 36.4 Å². The van der Waals surface area contributed by atoms with Gasteiger partial charge in [0.05, 0.1) is 0 Å². The Morgan fingerprint density at radius 1 is 1.06 bits per heavy atom. The standard InChI is InChI=1S/C13H12BClO3/c15-11-5-3-4-10(8-11)9-18-13-7-2-1-6-12(13)14(16)17/h1-8,16-17H,9H2. The van der Waals surface area contributed by atoms with Crippen LogP contribution in [-0.2, 0) is 6.61 Å². The monoisotopic (exact) mass is 262 g/mol. The molecule has 0 bridgehead atoms. The molecule has 0 aliphatic rings. The quantitative estimate of drug-likeness (QED) is 0.823. The molecule has 18 heavy (non-hydrogen) atoms. The van der Waals surface area contributed by atoms with Gasteiger partial charge in [-0.25, -0.2) is 0 Å². The van der Waals surface area contributed by atoms with Crippen molar-refractivity contribution in [1.82, 2.24) is 0 Å². The lowest BCUT2D eigenvalue weighted by molar-refractivity contribution is 0.306.